The Morgan fingerprint density at radius 3 is 1.16 bits per heavy atom. The number of sulfone groups is 3. The van der Waals surface area contributed by atoms with Crippen molar-refractivity contribution in [1.82, 2.24) is 0 Å². The summed E-state index contributed by atoms with van der Waals surface area (Å²) in [7, 11) is -8.98. The van der Waals surface area contributed by atoms with Crippen molar-refractivity contribution in [3.63, 3.8) is 0 Å². The molecular formula is C38H65NO17PS4W-. The Bertz CT molecular complexity index is 1800. The van der Waals surface area contributed by atoms with Crippen LogP contribution in [0.15, 0.2) is 109 Å². The third-order valence-electron chi connectivity index (χ3n) is 4.89. The van der Waals surface area contributed by atoms with E-state index in [2.05, 4.69) is 52.6 Å². The normalized spacial score (nSPS) is 9.26. The number of hydrogen-bond donors (Lipinski definition) is 6. The molecule has 0 aromatic heterocycles. The molecule has 18 nitrogen and oxygen atoms in total. The number of carboxylic acid groups (broad SMARTS) is 2. The molecule has 360 valence electrons. The molecule has 2 aromatic rings. The summed E-state index contributed by atoms with van der Waals surface area (Å²) >= 11 is 0. The van der Waals surface area contributed by atoms with Crippen LogP contribution in [0.5, 0.6) is 11.5 Å². The third kappa shape index (κ3) is 65.6. The average molecular weight is 1150 g/mol. The number of carbonyl (C=O) groups is 2. The Morgan fingerprint density at radius 1 is 0.710 bits per heavy atom. The predicted molar refractivity (Wildman–Crippen MR) is 247 cm³/mol. The number of carboxylic acids is 2. The Kier molecular flexibility index (Phi) is 63.3. The molecule has 0 aliphatic heterocycles. The van der Waals surface area contributed by atoms with E-state index in [9.17, 15) is 43.3 Å². The van der Waals surface area contributed by atoms with Gasteiger partial charge in [-0.3, -0.25) is 0 Å². The van der Waals surface area contributed by atoms with E-state index >= 15 is 0 Å². The molecule has 0 aliphatic rings. The van der Waals surface area contributed by atoms with Crippen LogP contribution < -0.4 is 10.5 Å². The summed E-state index contributed by atoms with van der Waals surface area (Å²) in [5.74, 6) is -1.23. The zero-order valence-corrected chi connectivity index (χ0v) is 43.1. The van der Waals surface area contributed by atoms with E-state index in [0.29, 0.717) is 18.6 Å². The largest absolute Gasteiger partial charge is 0.508 e. The molecule has 0 amide bonds. The van der Waals surface area contributed by atoms with Gasteiger partial charge < -0.3 is 48.9 Å². The first-order valence-corrected chi connectivity index (χ1v) is 24.1. The molecule has 0 saturated carbocycles. The second kappa shape index (κ2) is 51.8. The maximum absolute atomic E-state index is 11.1. The first-order valence-electron chi connectivity index (χ1n) is 17.4. The van der Waals surface area contributed by atoms with Crippen molar-refractivity contribution in [3.8, 4) is 11.5 Å². The monoisotopic (exact) mass is 1150 g/mol. The van der Waals surface area contributed by atoms with Crippen LogP contribution in [0.25, 0.3) is 0 Å². The van der Waals surface area contributed by atoms with Gasteiger partial charge in [-0.2, -0.15) is 0 Å². The van der Waals surface area contributed by atoms with Gasteiger partial charge in [0.1, 0.15) is 18.1 Å². The second-order valence-corrected chi connectivity index (χ2v) is 17.3. The number of aliphatic hydroxyl groups excluding tert-OH is 2. The number of ether oxygens (including phenoxy) is 1. The van der Waals surface area contributed by atoms with E-state index in [1.807, 2.05) is 27.7 Å². The second-order valence-electron chi connectivity index (χ2n) is 9.92. The molecular weight excluding hydrogens is 1090 g/mol. The summed E-state index contributed by atoms with van der Waals surface area (Å²) in [6.07, 6.45) is 3.07. The van der Waals surface area contributed by atoms with Gasteiger partial charge in [0.05, 0.1) is 35.1 Å². The van der Waals surface area contributed by atoms with Gasteiger partial charge in [-0.05, 0) is 82.1 Å². The summed E-state index contributed by atoms with van der Waals surface area (Å²) < 4.78 is 92.2. The number of hydrogen-bond acceptors (Lipinski definition) is 17. The maximum atomic E-state index is 11.1. The topological polar surface area (TPSA) is 316 Å². The molecule has 0 saturated heterocycles. The van der Waals surface area contributed by atoms with Crippen molar-refractivity contribution in [2.24, 2.45) is 5.73 Å². The van der Waals surface area contributed by atoms with Crippen LogP contribution in [0.2, 0.25) is 0 Å². The van der Waals surface area contributed by atoms with Crippen molar-refractivity contribution in [2.75, 3.05) is 43.8 Å². The predicted octanol–water partition coefficient (Wildman–Crippen LogP) is 5.66. The number of aliphatic hydroxyl groups is 2. The molecule has 0 aliphatic carbocycles. The molecule has 7 N–H and O–H groups in total. The first-order chi connectivity index (χ1) is 28.3. The number of benzene rings is 2. The van der Waals surface area contributed by atoms with Crippen molar-refractivity contribution >= 4 is 61.6 Å². The van der Waals surface area contributed by atoms with Crippen molar-refractivity contribution in [1.29, 1.82) is 0 Å². The molecule has 0 radical (unpaired) electrons. The average Bonchev–Trinajstić information content (AvgIpc) is 3.20. The molecule has 2 aromatic carbocycles. The minimum absolute atomic E-state index is 0. The van der Waals surface area contributed by atoms with Gasteiger partial charge in [-0.25, -0.2) is 34.8 Å². The molecule has 0 heterocycles. The number of rotatable bonds is 15. The van der Waals surface area contributed by atoms with E-state index in [1.165, 1.54) is 48.5 Å². The van der Waals surface area contributed by atoms with Crippen LogP contribution in [0, 0.1) is 0 Å². The third-order valence-corrected chi connectivity index (χ3v) is 9.71. The number of nitrogens with two attached hydrogens (primary N) is 1. The van der Waals surface area contributed by atoms with E-state index in [4.69, 9.17) is 30.3 Å². The Morgan fingerprint density at radius 2 is 0.968 bits per heavy atom. The maximum Gasteiger partial charge on any atom is 0.335 e. The molecule has 2 rings (SSSR count). The molecule has 1 unspecified atom stereocenters. The minimum Gasteiger partial charge on any atom is -0.508 e. The van der Waals surface area contributed by atoms with E-state index in [-0.39, 0.29) is 75.1 Å². The minimum atomic E-state index is -3.27. The van der Waals surface area contributed by atoms with Crippen LogP contribution in [-0.4, -0.2) is 107 Å². The summed E-state index contributed by atoms with van der Waals surface area (Å²) in [5.41, 5.74) is 4.73. The number of aromatic carboxylic acids is 2. The van der Waals surface area contributed by atoms with Crippen molar-refractivity contribution in [2.45, 2.75) is 47.5 Å². The summed E-state index contributed by atoms with van der Waals surface area (Å²) in [6.45, 7) is 25.7. The fourth-order valence-corrected chi connectivity index (χ4v) is 4.35. The number of allylic oxidation sites excluding steroid dienone is 1. The summed E-state index contributed by atoms with van der Waals surface area (Å²) in [5, 5.41) is 44.4. The van der Waals surface area contributed by atoms with Crippen LogP contribution in [0.3, 0.4) is 0 Å². The molecule has 24 heteroatoms. The number of phenols is 1. The van der Waals surface area contributed by atoms with Gasteiger partial charge in [0.15, 0.2) is 29.5 Å². The van der Waals surface area contributed by atoms with Crippen LogP contribution >= 0.6 is 9.47 Å². The van der Waals surface area contributed by atoms with Crippen LogP contribution in [-0.2, 0) is 74.2 Å². The molecule has 0 bridgehead atoms. The summed E-state index contributed by atoms with van der Waals surface area (Å²) in [4.78, 5) is 20.8. The van der Waals surface area contributed by atoms with Crippen LogP contribution in [0.1, 0.15) is 68.2 Å². The van der Waals surface area contributed by atoms with Gasteiger partial charge in [0.2, 0.25) is 0 Å². The molecule has 62 heavy (non-hydrogen) atoms. The fraction of sp³-hybridized carbons (Fsp3) is 0.368. The van der Waals surface area contributed by atoms with E-state index < -0.39 is 52.2 Å². The zero-order chi connectivity index (χ0) is 49.5. The smallest absolute Gasteiger partial charge is 0.335 e. The van der Waals surface area contributed by atoms with Crippen LogP contribution in [0.4, 0.5) is 0 Å². The van der Waals surface area contributed by atoms with Gasteiger partial charge in [-0.1, -0.05) is 50.4 Å². The standard InChI is InChI=1S/C11H12O5S.C7H6O3.2C5H10O2S.C3H6.C2H3O2S.C2H7OP.C2H6O.CH5NO.W/c1-2-17(14,15)8-7-16-10-5-3-9(4-6-10)11(12)13;8-6-3-1-5(2-4-6)7(9)10;2*1-3-5-8(6,7)4-2;1-3-2;1-2-5(3)4;1-2-3-4;1-2-3;2-1-3;/h2-6H,1,7-8H2,(H,12,13);1-4,8H,(H,9,10);2*4H,2-3,5H2,1H3;3H,1H2,2H3;2H,1H2;2,4H2,1H3;3H,2H2,1H3;3H,1-2H2;/q;;;;;-1;;;;. The van der Waals surface area contributed by atoms with Crippen molar-refractivity contribution in [3.05, 3.63) is 120 Å². The van der Waals surface area contributed by atoms with Gasteiger partial charge >= 0.3 is 11.9 Å². The molecule has 0 spiro atoms. The quantitative estimate of drug-likeness (QED) is 0.0542. The zero-order valence-electron chi connectivity index (χ0n) is 35.7. The Balaban J connectivity index is -0.0000000948. The van der Waals surface area contributed by atoms with Gasteiger partial charge in [0.25, 0.3) is 0 Å². The SMILES string of the molecule is C=CC.C=CS(=O)(=O)CCC.C=CS(=O)(=O)CCC.C=CS(=O)(=O)CCOc1ccc(C(=O)O)cc1.C=C[S-](=O)=O.CCO.CCOP.NCO.O=C(O)c1ccc(O)cc1.[W]. The van der Waals surface area contributed by atoms with Gasteiger partial charge in [-0.15, -0.1) is 18.6 Å². The fourth-order valence-electron chi connectivity index (χ4n) is 2.39. The Hall–Kier alpha value is -3.56. The van der Waals surface area contributed by atoms with E-state index in [1.54, 1.807) is 13.0 Å². The molecule has 1 atom stereocenters. The van der Waals surface area contributed by atoms with E-state index in [0.717, 1.165) is 28.2 Å². The first kappa shape index (κ1) is 75.8. The molecule has 0 fully saturated rings. The Labute approximate surface area is 387 Å². The van der Waals surface area contributed by atoms with Gasteiger partial charge in [0, 0.05) is 60.0 Å². The number of aromatic hydroxyl groups is 1. The van der Waals surface area contributed by atoms with Crippen molar-refractivity contribution < 1.29 is 99.1 Å². The summed E-state index contributed by atoms with van der Waals surface area (Å²) in [6, 6.07) is 11.1. The number of phenolic OH excluding ortho intramolecular Hbond substituents is 1.